The van der Waals surface area contributed by atoms with Crippen LogP contribution in [0.3, 0.4) is 0 Å². The topological polar surface area (TPSA) is 72.5 Å². The fourth-order valence-electron chi connectivity index (χ4n) is 3.60. The highest BCUT2D eigenvalue weighted by molar-refractivity contribution is 8.13. The first-order valence-corrected chi connectivity index (χ1v) is 10.1. The molecule has 0 bridgehead atoms. The van der Waals surface area contributed by atoms with E-state index in [1.54, 1.807) is 12.1 Å². The summed E-state index contributed by atoms with van der Waals surface area (Å²) in [5.41, 5.74) is 2.84. The molecule has 0 spiro atoms. The second-order valence-corrected chi connectivity index (χ2v) is 8.07. The molecule has 1 amide bonds. The van der Waals surface area contributed by atoms with Crippen molar-refractivity contribution in [2.45, 2.75) is 31.1 Å². The fourth-order valence-corrected chi connectivity index (χ4v) is 4.74. The van der Waals surface area contributed by atoms with Gasteiger partial charge in [-0.15, -0.1) is 0 Å². The van der Waals surface area contributed by atoms with Gasteiger partial charge in [-0.3, -0.25) is 9.59 Å². The van der Waals surface area contributed by atoms with Crippen LogP contribution >= 0.6 is 11.8 Å². The van der Waals surface area contributed by atoms with Crippen LogP contribution in [0.15, 0.2) is 54.6 Å². The second kappa shape index (κ2) is 9.06. The number of hydrogen-bond donors (Lipinski definition) is 1. The molecule has 146 valence electrons. The van der Waals surface area contributed by atoms with Crippen LogP contribution in [0.5, 0.6) is 0 Å². The van der Waals surface area contributed by atoms with E-state index in [2.05, 4.69) is 5.32 Å². The van der Waals surface area contributed by atoms with E-state index >= 15 is 0 Å². The molecule has 1 aliphatic rings. The lowest BCUT2D eigenvalue weighted by atomic mass is 9.82. The van der Waals surface area contributed by atoms with Crippen molar-refractivity contribution in [2.24, 2.45) is 5.92 Å². The summed E-state index contributed by atoms with van der Waals surface area (Å²) < 4.78 is 4.89. The molecule has 2 aromatic carbocycles. The Labute approximate surface area is 168 Å². The highest BCUT2D eigenvalue weighted by Crippen LogP contribution is 2.44. The molecule has 0 saturated carbocycles. The quantitative estimate of drug-likeness (QED) is 0.781. The Hall–Kier alpha value is -2.60. The lowest BCUT2D eigenvalue weighted by Gasteiger charge is -2.32. The number of esters is 1. The molecule has 0 aliphatic heterocycles. The first kappa shape index (κ1) is 20.1. The molecule has 1 aliphatic carbocycles. The molecular weight excluding hydrogens is 374 g/mol. The minimum atomic E-state index is -0.876. The van der Waals surface area contributed by atoms with Gasteiger partial charge >= 0.3 is 5.97 Å². The summed E-state index contributed by atoms with van der Waals surface area (Å²) in [6.07, 6.45) is 1.38. The van der Waals surface area contributed by atoms with Crippen LogP contribution in [-0.4, -0.2) is 24.1 Å². The molecule has 2 unspecified atom stereocenters. The van der Waals surface area contributed by atoms with Crippen molar-refractivity contribution < 1.29 is 19.1 Å². The molecule has 3 rings (SSSR count). The second-order valence-electron chi connectivity index (χ2n) is 6.75. The van der Waals surface area contributed by atoms with Crippen LogP contribution in [0.25, 0.3) is 0 Å². The monoisotopic (exact) mass is 397 g/mol. The molecule has 0 aromatic heterocycles. The average molecular weight is 397 g/mol. The van der Waals surface area contributed by atoms with E-state index in [4.69, 9.17) is 4.74 Å². The van der Waals surface area contributed by atoms with E-state index in [0.717, 1.165) is 17.5 Å². The summed E-state index contributed by atoms with van der Waals surface area (Å²) in [7, 11) is 1.30. The zero-order valence-corrected chi connectivity index (χ0v) is 16.7. The Morgan fingerprint density at radius 3 is 2.43 bits per heavy atom. The number of ether oxygens (including phenoxy) is 1. The van der Waals surface area contributed by atoms with E-state index < -0.39 is 17.9 Å². The first-order valence-electron chi connectivity index (χ1n) is 9.19. The highest BCUT2D eigenvalue weighted by Gasteiger charge is 2.37. The SMILES string of the molecule is COC(=O)[C@H](NC(=O)C1CCc2ccccc2C1SC(C)=O)c1ccccc1. The van der Waals surface area contributed by atoms with Gasteiger partial charge < -0.3 is 10.1 Å². The predicted molar refractivity (Wildman–Crippen MR) is 109 cm³/mol. The molecule has 1 N–H and O–H groups in total. The van der Waals surface area contributed by atoms with Crippen molar-refractivity contribution in [1.29, 1.82) is 0 Å². The molecule has 0 fully saturated rings. The minimum absolute atomic E-state index is 0.0351. The number of fused-ring (bicyclic) bond motifs is 1. The lowest BCUT2D eigenvalue weighted by Crippen LogP contribution is -2.41. The van der Waals surface area contributed by atoms with Crippen molar-refractivity contribution in [3.8, 4) is 0 Å². The first-order chi connectivity index (χ1) is 13.5. The van der Waals surface area contributed by atoms with Gasteiger partial charge in [-0.1, -0.05) is 66.4 Å². The summed E-state index contributed by atoms with van der Waals surface area (Å²) in [4.78, 5) is 37.3. The van der Waals surface area contributed by atoms with E-state index in [1.165, 1.54) is 25.8 Å². The third kappa shape index (κ3) is 4.44. The predicted octanol–water partition coefficient (Wildman–Crippen LogP) is 3.60. The Balaban J connectivity index is 1.87. The molecule has 0 heterocycles. The largest absolute Gasteiger partial charge is 0.467 e. The number of carbonyl (C=O) groups is 3. The third-order valence-electron chi connectivity index (χ3n) is 4.94. The summed E-state index contributed by atoms with van der Waals surface area (Å²) >= 11 is 1.18. The van der Waals surface area contributed by atoms with E-state index in [1.807, 2.05) is 42.5 Å². The Morgan fingerprint density at radius 2 is 1.75 bits per heavy atom. The van der Waals surface area contributed by atoms with E-state index in [9.17, 15) is 14.4 Å². The Bertz CT molecular complexity index is 868. The zero-order chi connectivity index (χ0) is 20.1. The highest BCUT2D eigenvalue weighted by atomic mass is 32.2. The van der Waals surface area contributed by atoms with Crippen molar-refractivity contribution in [2.75, 3.05) is 7.11 Å². The maximum atomic E-state index is 13.2. The van der Waals surface area contributed by atoms with Crippen molar-refractivity contribution in [3.63, 3.8) is 0 Å². The smallest absolute Gasteiger partial charge is 0.333 e. The normalized spacial score (nSPS) is 19.2. The van der Waals surface area contributed by atoms with Gasteiger partial charge in [0.05, 0.1) is 13.0 Å². The lowest BCUT2D eigenvalue weighted by molar-refractivity contribution is -0.145. The van der Waals surface area contributed by atoms with E-state index in [0.29, 0.717) is 12.0 Å². The van der Waals surface area contributed by atoms with Gasteiger partial charge in [0.2, 0.25) is 5.91 Å². The number of aryl methyl sites for hydroxylation is 1. The number of nitrogens with one attached hydrogen (secondary N) is 1. The van der Waals surface area contributed by atoms with Crippen LogP contribution in [0.1, 0.15) is 41.3 Å². The van der Waals surface area contributed by atoms with Gasteiger partial charge in [0.25, 0.3) is 0 Å². The van der Waals surface area contributed by atoms with Crippen molar-refractivity contribution in [1.82, 2.24) is 5.32 Å². The Morgan fingerprint density at radius 1 is 1.07 bits per heavy atom. The summed E-state index contributed by atoms with van der Waals surface area (Å²) in [6.45, 7) is 1.51. The van der Waals surface area contributed by atoms with Gasteiger partial charge in [-0.25, -0.2) is 4.79 Å². The Kier molecular flexibility index (Phi) is 6.52. The summed E-state index contributed by atoms with van der Waals surface area (Å²) in [6, 6.07) is 16.1. The molecule has 3 atom stereocenters. The number of hydrogen-bond acceptors (Lipinski definition) is 5. The number of methoxy groups -OCH3 is 1. The molecular formula is C22H23NO4S. The summed E-state index contributed by atoms with van der Waals surface area (Å²) in [5.74, 6) is -1.17. The molecule has 0 saturated heterocycles. The van der Waals surface area contributed by atoms with Gasteiger partial charge in [-0.05, 0) is 29.5 Å². The third-order valence-corrected chi connectivity index (χ3v) is 6.11. The number of carbonyl (C=O) groups excluding carboxylic acids is 3. The molecule has 5 nitrogen and oxygen atoms in total. The van der Waals surface area contributed by atoms with Crippen LogP contribution in [0.4, 0.5) is 0 Å². The molecule has 28 heavy (non-hydrogen) atoms. The number of benzene rings is 2. The molecule has 6 heteroatoms. The number of thioether (sulfide) groups is 1. The van der Waals surface area contributed by atoms with Gasteiger partial charge in [0, 0.05) is 12.2 Å². The molecule has 2 aromatic rings. The zero-order valence-electron chi connectivity index (χ0n) is 15.9. The van der Waals surface area contributed by atoms with Gasteiger partial charge in [0.1, 0.15) is 0 Å². The van der Waals surface area contributed by atoms with Gasteiger partial charge in [0.15, 0.2) is 11.2 Å². The summed E-state index contributed by atoms with van der Waals surface area (Å²) in [5, 5.41) is 2.55. The van der Waals surface area contributed by atoms with Crippen LogP contribution in [-0.2, 0) is 25.5 Å². The maximum Gasteiger partial charge on any atom is 0.333 e. The van der Waals surface area contributed by atoms with Crippen LogP contribution < -0.4 is 5.32 Å². The molecule has 0 radical (unpaired) electrons. The van der Waals surface area contributed by atoms with Crippen molar-refractivity contribution in [3.05, 3.63) is 71.3 Å². The van der Waals surface area contributed by atoms with Gasteiger partial charge in [-0.2, -0.15) is 0 Å². The van der Waals surface area contributed by atoms with Crippen LogP contribution in [0.2, 0.25) is 0 Å². The van der Waals surface area contributed by atoms with Crippen LogP contribution in [0, 0.1) is 5.92 Å². The number of amides is 1. The number of rotatable bonds is 5. The maximum absolute atomic E-state index is 13.2. The fraction of sp³-hybridized carbons (Fsp3) is 0.318. The van der Waals surface area contributed by atoms with Crippen molar-refractivity contribution >= 4 is 28.8 Å². The minimum Gasteiger partial charge on any atom is -0.467 e. The average Bonchev–Trinajstić information content (AvgIpc) is 2.71. The standard InChI is InChI=1S/C22H23NO4S/c1-14(24)28-20-17-11-7-6-8-15(17)12-13-18(20)21(25)23-19(22(26)27-2)16-9-4-3-5-10-16/h3-11,18-20H,12-13H2,1-2H3,(H,23,25)/t18?,19-,20?/m1/s1. The van der Waals surface area contributed by atoms with E-state index in [-0.39, 0.29) is 16.3 Å².